The van der Waals surface area contributed by atoms with Gasteiger partial charge in [-0.15, -0.1) is 0 Å². The van der Waals surface area contributed by atoms with Crippen molar-refractivity contribution >= 4 is 0 Å². The third-order valence-corrected chi connectivity index (χ3v) is 3.34. The van der Waals surface area contributed by atoms with Gasteiger partial charge in [0.25, 0.3) is 0 Å². The Morgan fingerprint density at radius 3 is 2.81 bits per heavy atom. The van der Waals surface area contributed by atoms with E-state index in [1.165, 1.54) is 12.8 Å². The Hall–Kier alpha value is -0.120. The van der Waals surface area contributed by atoms with Crippen LogP contribution >= 0.6 is 0 Å². The van der Waals surface area contributed by atoms with E-state index in [2.05, 4.69) is 26.1 Å². The van der Waals surface area contributed by atoms with E-state index in [0.717, 1.165) is 32.8 Å². The van der Waals surface area contributed by atoms with Crippen molar-refractivity contribution in [1.29, 1.82) is 0 Å². The number of rotatable bonds is 8. The normalized spacial score (nSPS) is 27.2. The van der Waals surface area contributed by atoms with Crippen molar-refractivity contribution in [2.75, 3.05) is 26.4 Å². The van der Waals surface area contributed by atoms with Crippen LogP contribution in [0.5, 0.6) is 0 Å². The first-order chi connectivity index (χ1) is 7.83. The summed E-state index contributed by atoms with van der Waals surface area (Å²) >= 11 is 0. The topological polar surface area (TPSA) is 30.5 Å². The molecule has 16 heavy (non-hydrogen) atoms. The summed E-state index contributed by atoms with van der Waals surface area (Å²) < 4.78 is 11.3. The van der Waals surface area contributed by atoms with Crippen LogP contribution in [0.15, 0.2) is 0 Å². The summed E-state index contributed by atoms with van der Waals surface area (Å²) in [5.41, 5.74) is 0. The first kappa shape index (κ1) is 13.9. The van der Waals surface area contributed by atoms with E-state index in [1.807, 2.05) is 0 Å². The molecule has 0 radical (unpaired) electrons. The molecule has 1 saturated heterocycles. The smallest absolute Gasteiger partial charge is 0.0623 e. The van der Waals surface area contributed by atoms with Crippen LogP contribution in [-0.2, 0) is 9.47 Å². The van der Waals surface area contributed by atoms with Gasteiger partial charge in [-0.25, -0.2) is 0 Å². The third kappa shape index (κ3) is 4.04. The summed E-state index contributed by atoms with van der Waals surface area (Å²) in [5.74, 6) is 0.628. The predicted molar refractivity (Wildman–Crippen MR) is 66.7 cm³/mol. The molecule has 3 heteroatoms. The van der Waals surface area contributed by atoms with Crippen molar-refractivity contribution in [1.82, 2.24) is 5.32 Å². The van der Waals surface area contributed by atoms with Crippen LogP contribution in [0.3, 0.4) is 0 Å². The Morgan fingerprint density at radius 1 is 1.38 bits per heavy atom. The summed E-state index contributed by atoms with van der Waals surface area (Å²) in [7, 11) is 0. The molecule has 3 unspecified atom stereocenters. The molecule has 1 aliphatic heterocycles. The molecule has 3 atom stereocenters. The average Bonchev–Trinajstić information content (AvgIpc) is 2.77. The second-order valence-corrected chi connectivity index (χ2v) is 4.49. The van der Waals surface area contributed by atoms with Gasteiger partial charge in [0.1, 0.15) is 0 Å². The summed E-state index contributed by atoms with van der Waals surface area (Å²) in [6.07, 6.45) is 3.89. The van der Waals surface area contributed by atoms with E-state index in [4.69, 9.17) is 9.47 Å². The lowest BCUT2D eigenvalue weighted by molar-refractivity contribution is 0.0515. The molecule has 3 nitrogen and oxygen atoms in total. The van der Waals surface area contributed by atoms with Gasteiger partial charge >= 0.3 is 0 Å². The molecule has 0 aromatic carbocycles. The Balaban J connectivity index is 2.45. The molecule has 96 valence electrons. The first-order valence-electron chi connectivity index (χ1n) is 6.76. The maximum absolute atomic E-state index is 5.76. The van der Waals surface area contributed by atoms with Crippen molar-refractivity contribution in [2.24, 2.45) is 5.92 Å². The highest BCUT2D eigenvalue weighted by Gasteiger charge is 2.33. The van der Waals surface area contributed by atoms with Crippen molar-refractivity contribution in [3.05, 3.63) is 0 Å². The van der Waals surface area contributed by atoms with E-state index in [1.54, 1.807) is 0 Å². The lowest BCUT2D eigenvalue weighted by atomic mass is 9.91. The molecule has 0 aliphatic carbocycles. The van der Waals surface area contributed by atoms with Crippen LogP contribution in [0.25, 0.3) is 0 Å². The highest BCUT2D eigenvalue weighted by Crippen LogP contribution is 2.26. The van der Waals surface area contributed by atoms with Crippen molar-refractivity contribution in [3.63, 3.8) is 0 Å². The minimum Gasteiger partial charge on any atom is -0.380 e. The minimum absolute atomic E-state index is 0.426. The number of ether oxygens (including phenoxy) is 2. The van der Waals surface area contributed by atoms with E-state index in [9.17, 15) is 0 Å². The highest BCUT2D eigenvalue weighted by molar-refractivity contribution is 4.85. The largest absolute Gasteiger partial charge is 0.380 e. The number of hydrogen-bond acceptors (Lipinski definition) is 3. The molecule has 0 bridgehead atoms. The zero-order valence-electron chi connectivity index (χ0n) is 11.0. The van der Waals surface area contributed by atoms with Crippen molar-refractivity contribution in [3.8, 4) is 0 Å². The zero-order valence-corrected chi connectivity index (χ0v) is 11.0. The van der Waals surface area contributed by atoms with Crippen LogP contribution in [0.1, 0.15) is 40.0 Å². The molecule has 1 fully saturated rings. The van der Waals surface area contributed by atoms with Gasteiger partial charge in [-0.2, -0.15) is 0 Å². The van der Waals surface area contributed by atoms with E-state index in [-0.39, 0.29) is 0 Å². The molecular formula is C13H27NO2. The monoisotopic (exact) mass is 229 g/mol. The fourth-order valence-corrected chi connectivity index (χ4v) is 2.45. The van der Waals surface area contributed by atoms with Crippen molar-refractivity contribution < 1.29 is 9.47 Å². The lowest BCUT2D eigenvalue weighted by Crippen LogP contribution is -2.43. The standard InChI is InChI=1S/C13H27NO2/c1-4-8-14-12(10-15-6-3)11-7-9-16-13(11)5-2/h11-14H,4-10H2,1-3H3. The van der Waals surface area contributed by atoms with Crippen LogP contribution in [0.2, 0.25) is 0 Å². The van der Waals surface area contributed by atoms with Crippen molar-refractivity contribution in [2.45, 2.75) is 52.2 Å². The molecule has 1 rings (SSSR count). The molecule has 0 spiro atoms. The van der Waals surface area contributed by atoms with Gasteiger partial charge in [-0.3, -0.25) is 0 Å². The quantitative estimate of drug-likeness (QED) is 0.692. The summed E-state index contributed by atoms with van der Waals surface area (Å²) in [6, 6.07) is 0.465. The molecule has 1 aliphatic rings. The Morgan fingerprint density at radius 2 is 2.19 bits per heavy atom. The molecule has 0 saturated carbocycles. The maximum atomic E-state index is 5.76. The van der Waals surface area contributed by atoms with Crippen LogP contribution in [-0.4, -0.2) is 38.5 Å². The van der Waals surface area contributed by atoms with Gasteiger partial charge in [-0.05, 0) is 32.7 Å². The fourth-order valence-electron chi connectivity index (χ4n) is 2.45. The van der Waals surface area contributed by atoms with E-state index < -0.39 is 0 Å². The van der Waals surface area contributed by atoms with Gasteiger partial charge in [0.15, 0.2) is 0 Å². The molecular weight excluding hydrogens is 202 g/mol. The number of hydrogen-bond donors (Lipinski definition) is 1. The van der Waals surface area contributed by atoms with Gasteiger partial charge in [0.05, 0.1) is 12.7 Å². The average molecular weight is 229 g/mol. The molecule has 1 N–H and O–H groups in total. The lowest BCUT2D eigenvalue weighted by Gasteiger charge is -2.27. The second-order valence-electron chi connectivity index (χ2n) is 4.49. The summed E-state index contributed by atoms with van der Waals surface area (Å²) in [4.78, 5) is 0. The SMILES string of the molecule is CCCNC(COCC)C1CCOC1CC. The fraction of sp³-hybridized carbons (Fsp3) is 1.00. The van der Waals surface area contributed by atoms with E-state index >= 15 is 0 Å². The predicted octanol–water partition coefficient (Wildman–Crippen LogP) is 2.21. The summed E-state index contributed by atoms with van der Waals surface area (Å²) in [6.45, 7) is 10.1. The zero-order chi connectivity index (χ0) is 11.8. The number of nitrogens with one attached hydrogen (secondary N) is 1. The highest BCUT2D eigenvalue weighted by atomic mass is 16.5. The Bertz CT molecular complexity index is 167. The molecule has 1 heterocycles. The second kappa shape index (κ2) is 8.04. The Kier molecular flexibility index (Phi) is 7.01. The van der Waals surface area contributed by atoms with Crippen LogP contribution in [0, 0.1) is 5.92 Å². The summed E-state index contributed by atoms with van der Waals surface area (Å²) in [5, 5.41) is 3.61. The van der Waals surface area contributed by atoms with E-state index in [0.29, 0.717) is 18.1 Å². The van der Waals surface area contributed by atoms with Gasteiger partial charge < -0.3 is 14.8 Å². The van der Waals surface area contributed by atoms with Gasteiger partial charge in [0.2, 0.25) is 0 Å². The van der Waals surface area contributed by atoms with Gasteiger partial charge in [-0.1, -0.05) is 13.8 Å². The third-order valence-electron chi connectivity index (χ3n) is 3.34. The maximum Gasteiger partial charge on any atom is 0.0623 e. The minimum atomic E-state index is 0.426. The van der Waals surface area contributed by atoms with Crippen LogP contribution < -0.4 is 5.32 Å². The molecule has 0 aromatic heterocycles. The van der Waals surface area contributed by atoms with Gasteiger partial charge in [0, 0.05) is 25.2 Å². The first-order valence-corrected chi connectivity index (χ1v) is 6.76. The Labute approximate surface area is 99.9 Å². The molecule has 0 aromatic rings. The van der Waals surface area contributed by atoms with Crippen LogP contribution in [0.4, 0.5) is 0 Å². The molecule has 0 amide bonds.